The molecule has 0 radical (unpaired) electrons. The highest BCUT2D eigenvalue weighted by Gasteiger charge is 2.06. The van der Waals surface area contributed by atoms with E-state index in [9.17, 15) is 0 Å². The van der Waals surface area contributed by atoms with Gasteiger partial charge in [0.2, 0.25) is 0 Å². The van der Waals surface area contributed by atoms with Gasteiger partial charge in [-0.05, 0) is 14.0 Å². The summed E-state index contributed by atoms with van der Waals surface area (Å²) in [6.07, 6.45) is 1.70. The molecule has 0 bridgehead atoms. The Hall–Kier alpha value is -0.900. The maximum Gasteiger partial charge on any atom is 0.149 e. The summed E-state index contributed by atoms with van der Waals surface area (Å²) >= 11 is 0. The summed E-state index contributed by atoms with van der Waals surface area (Å²) in [5.41, 5.74) is 0. The van der Waals surface area contributed by atoms with Gasteiger partial charge in [0, 0.05) is 7.05 Å². The molecule has 0 spiro atoms. The highest BCUT2D eigenvalue weighted by atomic mass is 15.3. The number of hydrogen-bond donors (Lipinski definition) is 1. The fourth-order valence-corrected chi connectivity index (χ4v) is 0.813. The van der Waals surface area contributed by atoms with Gasteiger partial charge in [0.25, 0.3) is 0 Å². The van der Waals surface area contributed by atoms with Crippen molar-refractivity contribution >= 4 is 0 Å². The molecule has 1 heterocycles. The zero-order valence-corrected chi connectivity index (χ0v) is 6.50. The second-order valence-electron chi connectivity index (χ2n) is 2.31. The van der Waals surface area contributed by atoms with E-state index in [2.05, 4.69) is 15.5 Å². The van der Waals surface area contributed by atoms with Crippen LogP contribution in [0.15, 0.2) is 6.33 Å². The minimum atomic E-state index is 0.271. The molecule has 1 N–H and O–H groups in total. The Bertz CT molecular complexity index is 205. The van der Waals surface area contributed by atoms with E-state index in [1.54, 1.807) is 6.33 Å². The van der Waals surface area contributed by atoms with Crippen LogP contribution in [0.4, 0.5) is 0 Å². The molecule has 1 rings (SSSR count). The summed E-state index contributed by atoms with van der Waals surface area (Å²) in [7, 11) is 3.84. The molecule has 10 heavy (non-hydrogen) atoms. The predicted molar refractivity (Wildman–Crippen MR) is 38.5 cm³/mol. The molecule has 0 saturated heterocycles. The predicted octanol–water partition coefficient (Wildman–Crippen LogP) is 0.0955. The van der Waals surface area contributed by atoms with Gasteiger partial charge in [-0.15, -0.1) is 10.2 Å². The fourth-order valence-electron chi connectivity index (χ4n) is 0.813. The van der Waals surface area contributed by atoms with Gasteiger partial charge in [-0.25, -0.2) is 0 Å². The topological polar surface area (TPSA) is 42.7 Å². The first kappa shape index (κ1) is 7.21. The van der Waals surface area contributed by atoms with E-state index in [1.165, 1.54) is 0 Å². The number of nitrogens with zero attached hydrogens (tertiary/aromatic N) is 3. The Balaban J connectivity index is 2.82. The van der Waals surface area contributed by atoms with Crippen LogP contribution in [0.3, 0.4) is 0 Å². The zero-order valence-electron chi connectivity index (χ0n) is 6.50. The fraction of sp³-hybridized carbons (Fsp3) is 0.667. The number of nitrogens with one attached hydrogen (secondary N) is 1. The minimum absolute atomic E-state index is 0.271. The second-order valence-corrected chi connectivity index (χ2v) is 2.31. The van der Waals surface area contributed by atoms with Crippen molar-refractivity contribution in [1.82, 2.24) is 20.1 Å². The number of rotatable bonds is 2. The van der Waals surface area contributed by atoms with E-state index in [1.807, 2.05) is 25.6 Å². The van der Waals surface area contributed by atoms with Crippen LogP contribution in [-0.2, 0) is 7.05 Å². The van der Waals surface area contributed by atoms with Gasteiger partial charge < -0.3 is 9.88 Å². The maximum absolute atomic E-state index is 3.94. The molecule has 4 heteroatoms. The third-order valence-corrected chi connectivity index (χ3v) is 1.57. The van der Waals surface area contributed by atoms with Crippen LogP contribution >= 0.6 is 0 Å². The van der Waals surface area contributed by atoms with E-state index in [0.717, 1.165) is 5.82 Å². The van der Waals surface area contributed by atoms with Gasteiger partial charge in [-0.1, -0.05) is 0 Å². The van der Waals surface area contributed by atoms with Gasteiger partial charge in [0.1, 0.15) is 12.2 Å². The van der Waals surface area contributed by atoms with Crippen LogP contribution in [0.2, 0.25) is 0 Å². The molecular formula is C6H12N4. The first-order valence-corrected chi connectivity index (χ1v) is 3.27. The molecule has 56 valence electrons. The number of hydrogen-bond acceptors (Lipinski definition) is 3. The van der Waals surface area contributed by atoms with E-state index in [4.69, 9.17) is 0 Å². The summed E-state index contributed by atoms with van der Waals surface area (Å²) in [4.78, 5) is 0. The Labute approximate surface area is 60.3 Å². The number of aromatic nitrogens is 3. The molecule has 0 aromatic carbocycles. The first-order chi connectivity index (χ1) is 4.75. The lowest BCUT2D eigenvalue weighted by atomic mass is 10.3. The Morgan fingerprint density at radius 3 is 2.80 bits per heavy atom. The van der Waals surface area contributed by atoms with Crippen LogP contribution in [0, 0.1) is 0 Å². The lowest BCUT2D eigenvalue weighted by Gasteiger charge is -2.07. The highest BCUT2D eigenvalue weighted by molar-refractivity contribution is 4.90. The zero-order chi connectivity index (χ0) is 7.56. The molecule has 1 aromatic heterocycles. The summed E-state index contributed by atoms with van der Waals surface area (Å²) in [6, 6.07) is 0.271. The first-order valence-electron chi connectivity index (χ1n) is 3.27. The standard InChI is InChI=1S/C6H12N4/c1-5(7-2)6-9-8-4-10(6)3/h4-5,7H,1-3H3/t5-/m0/s1. The molecule has 0 fully saturated rings. The van der Waals surface area contributed by atoms with Gasteiger partial charge in [-0.3, -0.25) is 0 Å². The Morgan fingerprint density at radius 2 is 2.40 bits per heavy atom. The molecule has 1 atom stereocenters. The molecule has 0 unspecified atom stereocenters. The lowest BCUT2D eigenvalue weighted by molar-refractivity contribution is 0.583. The van der Waals surface area contributed by atoms with Gasteiger partial charge >= 0.3 is 0 Å². The third kappa shape index (κ3) is 1.16. The summed E-state index contributed by atoms with van der Waals surface area (Å²) in [5, 5.41) is 10.8. The van der Waals surface area contributed by atoms with E-state index >= 15 is 0 Å². The summed E-state index contributed by atoms with van der Waals surface area (Å²) in [6.45, 7) is 2.05. The van der Waals surface area contributed by atoms with Crippen molar-refractivity contribution in [3.63, 3.8) is 0 Å². The van der Waals surface area contributed by atoms with E-state index < -0.39 is 0 Å². The van der Waals surface area contributed by atoms with Crippen LogP contribution < -0.4 is 5.32 Å². The van der Waals surface area contributed by atoms with Crippen LogP contribution in [0.5, 0.6) is 0 Å². The van der Waals surface area contributed by atoms with Crippen molar-refractivity contribution in [2.45, 2.75) is 13.0 Å². The quantitative estimate of drug-likeness (QED) is 0.633. The number of aryl methyl sites for hydroxylation is 1. The van der Waals surface area contributed by atoms with Gasteiger partial charge in [-0.2, -0.15) is 0 Å². The van der Waals surface area contributed by atoms with E-state index in [0.29, 0.717) is 0 Å². The Kier molecular flexibility index (Phi) is 2.01. The smallest absolute Gasteiger partial charge is 0.149 e. The second kappa shape index (κ2) is 2.79. The molecule has 0 aliphatic heterocycles. The van der Waals surface area contributed by atoms with Crippen molar-refractivity contribution in [3.05, 3.63) is 12.2 Å². The molecule has 0 aliphatic rings. The minimum Gasteiger partial charge on any atom is -0.319 e. The Morgan fingerprint density at radius 1 is 1.70 bits per heavy atom. The summed E-state index contributed by atoms with van der Waals surface area (Å²) in [5.74, 6) is 0.961. The van der Waals surface area contributed by atoms with Crippen LogP contribution in [-0.4, -0.2) is 21.8 Å². The molecule has 0 aliphatic carbocycles. The average molecular weight is 140 g/mol. The van der Waals surface area contributed by atoms with E-state index in [-0.39, 0.29) is 6.04 Å². The average Bonchev–Trinajstić information content (AvgIpc) is 2.34. The normalized spacial score (nSPS) is 13.5. The molecule has 0 amide bonds. The van der Waals surface area contributed by atoms with Crippen LogP contribution in [0.1, 0.15) is 18.8 Å². The van der Waals surface area contributed by atoms with Crippen molar-refractivity contribution in [2.75, 3.05) is 7.05 Å². The van der Waals surface area contributed by atoms with Crippen LogP contribution in [0.25, 0.3) is 0 Å². The molecule has 4 nitrogen and oxygen atoms in total. The largest absolute Gasteiger partial charge is 0.319 e. The SMILES string of the molecule is CN[C@@H](C)c1nncn1C. The van der Waals surface area contributed by atoms with Gasteiger partial charge in [0.15, 0.2) is 0 Å². The monoisotopic (exact) mass is 140 g/mol. The lowest BCUT2D eigenvalue weighted by Crippen LogP contribution is -2.16. The third-order valence-electron chi connectivity index (χ3n) is 1.57. The van der Waals surface area contributed by atoms with Crippen molar-refractivity contribution in [1.29, 1.82) is 0 Å². The summed E-state index contributed by atoms with van der Waals surface area (Å²) < 4.78 is 1.90. The van der Waals surface area contributed by atoms with Gasteiger partial charge in [0.05, 0.1) is 6.04 Å². The highest BCUT2D eigenvalue weighted by Crippen LogP contribution is 2.04. The van der Waals surface area contributed by atoms with Crippen molar-refractivity contribution in [2.24, 2.45) is 7.05 Å². The van der Waals surface area contributed by atoms with Crippen molar-refractivity contribution in [3.8, 4) is 0 Å². The molecule has 1 aromatic rings. The van der Waals surface area contributed by atoms with Crippen molar-refractivity contribution < 1.29 is 0 Å². The molecular weight excluding hydrogens is 128 g/mol. The maximum atomic E-state index is 3.94. The molecule has 0 saturated carbocycles.